The van der Waals surface area contributed by atoms with Gasteiger partial charge in [-0.05, 0) is 95.1 Å². The fourth-order valence-electron chi connectivity index (χ4n) is 12.1. The van der Waals surface area contributed by atoms with Gasteiger partial charge >= 0.3 is 0 Å². The maximum atomic E-state index is 14.5. The van der Waals surface area contributed by atoms with Crippen LogP contribution in [-0.2, 0) is 0 Å². The first-order valence-electron chi connectivity index (χ1n) is 32.2. The second-order valence-electron chi connectivity index (χ2n) is 23.1. The Labute approximate surface area is 573 Å². The maximum Gasteiger partial charge on any atom is 0.297 e. The van der Waals surface area contributed by atoms with Gasteiger partial charge in [0.05, 0.1) is 77.5 Å². The molecule has 7 heteroatoms. The molecule has 5 heterocycles. The first-order valence-corrected chi connectivity index (χ1v) is 32.2. The third kappa shape index (κ3) is 12.9. The molecule has 3 aromatic heterocycles. The first-order chi connectivity index (χ1) is 49.0. The number of hydrogen-bond acceptors (Lipinski definition) is 4. The summed E-state index contributed by atoms with van der Waals surface area (Å²) in [5, 5.41) is 14.5. The number of aromatic nitrogens is 4. The molecule has 0 aliphatic carbocycles. The van der Waals surface area contributed by atoms with E-state index >= 15 is 0 Å². The van der Waals surface area contributed by atoms with Gasteiger partial charge in [-0.25, -0.2) is 9.97 Å². The molecule has 15 rings (SSSR count). The van der Waals surface area contributed by atoms with E-state index in [0.717, 1.165) is 44.5 Å². The van der Waals surface area contributed by atoms with E-state index in [1.54, 1.807) is 6.08 Å². The van der Waals surface area contributed by atoms with Crippen molar-refractivity contribution in [2.24, 2.45) is 0 Å². The molecular formula is C92H53N5O2. The van der Waals surface area contributed by atoms with Crippen LogP contribution in [0, 0.1) is 81.2 Å². The van der Waals surface area contributed by atoms with Gasteiger partial charge < -0.3 is 9.97 Å². The van der Waals surface area contributed by atoms with Crippen molar-refractivity contribution in [3.8, 4) is 116 Å². The molecule has 0 saturated carbocycles. The number of nitrogens with zero attached hydrogens (tertiary/aromatic N) is 3. The molecule has 10 aromatic carbocycles. The fraction of sp³-hybridized carbons (Fsp3) is 0. The van der Waals surface area contributed by atoms with Crippen molar-refractivity contribution in [3.63, 3.8) is 0 Å². The number of aromatic amines is 2. The van der Waals surface area contributed by atoms with E-state index in [-0.39, 0.29) is 22.0 Å². The summed E-state index contributed by atoms with van der Waals surface area (Å²) in [4.78, 5) is 33.9. The van der Waals surface area contributed by atoms with Crippen molar-refractivity contribution in [1.29, 1.82) is 0 Å². The Hall–Kier alpha value is -14.4. The Morgan fingerprint density at radius 1 is 0.263 bits per heavy atom. The predicted molar refractivity (Wildman–Crippen MR) is 401 cm³/mol. The van der Waals surface area contributed by atoms with Gasteiger partial charge in [0.1, 0.15) is 0 Å². The summed E-state index contributed by atoms with van der Waals surface area (Å²) in [7, 11) is 0. The molecule has 0 saturated heterocycles. The molecule has 458 valence electrons. The Morgan fingerprint density at radius 2 is 0.495 bits per heavy atom. The highest BCUT2D eigenvalue weighted by molar-refractivity contribution is 6.15. The molecule has 0 radical (unpaired) electrons. The van der Waals surface area contributed by atoms with Crippen LogP contribution in [0.1, 0.15) is 78.4 Å². The first kappa shape index (κ1) is 60.8. The van der Waals surface area contributed by atoms with E-state index in [9.17, 15) is 10.1 Å². The summed E-state index contributed by atoms with van der Waals surface area (Å²) >= 11 is 0. The number of allylic oxidation sites excluding steroid dienone is 2. The number of benzene rings is 10. The Morgan fingerprint density at radius 3 is 0.768 bits per heavy atom. The quantitative estimate of drug-likeness (QED) is 0.102. The van der Waals surface area contributed by atoms with Crippen molar-refractivity contribution in [2.75, 3.05) is 0 Å². The summed E-state index contributed by atoms with van der Waals surface area (Å²) in [6.45, 7) is 0. The minimum Gasteiger partial charge on any atom is -0.352 e. The van der Waals surface area contributed by atoms with E-state index in [1.165, 1.54) is 0 Å². The minimum absolute atomic E-state index is 0.0760. The van der Waals surface area contributed by atoms with Gasteiger partial charge in [0, 0.05) is 61.7 Å². The Bertz CT molecular complexity index is 5960. The number of H-pyrrole nitrogens is 2. The molecule has 0 spiro atoms. The van der Waals surface area contributed by atoms with Gasteiger partial charge in [-0.2, -0.15) is 0 Å². The van der Waals surface area contributed by atoms with Crippen LogP contribution >= 0.6 is 0 Å². The summed E-state index contributed by atoms with van der Waals surface area (Å²) in [5.41, 5.74) is 15.5. The normalized spacial score (nSPS) is 11.1. The Balaban J connectivity index is 1.30. The molecule has 0 unspecified atom stereocenters. The van der Waals surface area contributed by atoms with E-state index in [0.29, 0.717) is 100 Å². The summed E-state index contributed by atoms with van der Waals surface area (Å²) < 4.78 is 0. The van der Waals surface area contributed by atoms with Crippen LogP contribution in [0.4, 0.5) is 0 Å². The lowest BCUT2D eigenvalue weighted by Gasteiger charge is -2.07. The number of nitro groups is 1. The highest BCUT2D eigenvalue weighted by atomic mass is 16.6. The van der Waals surface area contributed by atoms with Crippen LogP contribution in [-0.4, -0.2) is 24.9 Å². The van der Waals surface area contributed by atoms with E-state index in [2.05, 4.69) is 93.1 Å². The molecule has 0 atom stereocenters. The zero-order valence-corrected chi connectivity index (χ0v) is 53.1. The van der Waals surface area contributed by atoms with Gasteiger partial charge in [-0.1, -0.05) is 302 Å². The third-order valence-corrected chi connectivity index (χ3v) is 16.7. The maximum absolute atomic E-state index is 14.5. The predicted octanol–water partition coefficient (Wildman–Crippen LogP) is 19.4. The topological polar surface area (TPSA) is 100 Å². The zero-order valence-electron chi connectivity index (χ0n) is 53.1. The Kier molecular flexibility index (Phi) is 17.2. The molecule has 99 heavy (non-hydrogen) atoms. The standard InChI is InChI=1S/C92H53N5O2/c98-97(99)81-63-80-82(70-43-23-7-24-44-70)86-74(57-51-64-31-11-1-12-32-64)75(58-52-65-33-13-2-14-34-65)87(94-86)83(71-45-25-8-26-46-71)88-76(59-53-66-35-15-3-16-36-66)77(60-54-67-37-17-4-18-38-67)89(95-88)84(72-47-27-9-28-48-72)90-78(61-55-68-39-19-5-20-40-68)79(62-56-69-41-21-6-22-42-69)91(96-90)85(92(81)93-80)73-49-29-10-30-50-73/h1-50,63,94,96H. The number of fused-ring (bicyclic) bond motifs is 8. The molecule has 2 N–H and O–H groups in total. The molecule has 13 aromatic rings. The van der Waals surface area contributed by atoms with Gasteiger partial charge in [0.2, 0.25) is 0 Å². The lowest BCUT2D eigenvalue weighted by molar-refractivity contribution is -0.374. The number of hydrogen-bond donors (Lipinski definition) is 2. The zero-order chi connectivity index (χ0) is 66.7. The lowest BCUT2D eigenvalue weighted by Crippen LogP contribution is -1.99. The average Bonchev–Trinajstić information content (AvgIpc) is 1.58. The minimum atomic E-state index is -0.360. The summed E-state index contributed by atoms with van der Waals surface area (Å²) in [6.07, 6.45) is 1.57. The third-order valence-electron chi connectivity index (χ3n) is 16.7. The molecular weight excluding hydrogens is 1210 g/mol. The summed E-state index contributed by atoms with van der Waals surface area (Å²) in [5.74, 6) is 43.5. The van der Waals surface area contributed by atoms with Crippen LogP contribution in [0.25, 0.3) is 89.5 Å². The van der Waals surface area contributed by atoms with Crippen molar-refractivity contribution in [2.45, 2.75) is 0 Å². The summed E-state index contributed by atoms with van der Waals surface area (Å²) in [6, 6.07) is 98.5. The van der Waals surface area contributed by atoms with Crippen molar-refractivity contribution >= 4 is 45.0 Å². The fourth-order valence-corrected chi connectivity index (χ4v) is 12.1. The van der Waals surface area contributed by atoms with Gasteiger partial charge in [-0.3, -0.25) is 10.1 Å². The molecule has 2 aliphatic rings. The highest BCUT2D eigenvalue weighted by Crippen LogP contribution is 2.47. The largest absolute Gasteiger partial charge is 0.352 e. The second-order valence-corrected chi connectivity index (χ2v) is 23.1. The second kappa shape index (κ2) is 28.0. The van der Waals surface area contributed by atoms with Gasteiger partial charge in [-0.15, -0.1) is 0 Å². The van der Waals surface area contributed by atoms with E-state index in [4.69, 9.17) is 9.97 Å². The van der Waals surface area contributed by atoms with Gasteiger partial charge in [0.15, 0.2) is 5.69 Å². The smallest absolute Gasteiger partial charge is 0.297 e. The van der Waals surface area contributed by atoms with Crippen molar-refractivity contribution in [3.05, 3.63) is 392 Å². The number of rotatable bonds is 5. The highest BCUT2D eigenvalue weighted by Gasteiger charge is 2.33. The van der Waals surface area contributed by atoms with E-state index < -0.39 is 0 Å². The van der Waals surface area contributed by atoms with Gasteiger partial charge in [0.25, 0.3) is 5.70 Å². The average molecular weight is 1260 g/mol. The molecule has 8 bridgehead atoms. The van der Waals surface area contributed by atoms with Crippen LogP contribution < -0.4 is 0 Å². The van der Waals surface area contributed by atoms with E-state index in [1.807, 2.05) is 291 Å². The van der Waals surface area contributed by atoms with Crippen molar-refractivity contribution in [1.82, 2.24) is 19.9 Å². The number of nitrogens with one attached hydrogen (secondary N) is 2. The lowest BCUT2D eigenvalue weighted by atomic mass is 9.93. The van der Waals surface area contributed by atoms with Crippen LogP contribution in [0.5, 0.6) is 0 Å². The molecule has 7 nitrogen and oxygen atoms in total. The van der Waals surface area contributed by atoms with Crippen LogP contribution in [0.15, 0.2) is 303 Å². The molecule has 2 aliphatic heterocycles. The van der Waals surface area contributed by atoms with Crippen molar-refractivity contribution < 1.29 is 4.92 Å². The van der Waals surface area contributed by atoms with Crippen LogP contribution in [0.2, 0.25) is 0 Å². The van der Waals surface area contributed by atoms with Crippen LogP contribution in [0.3, 0.4) is 0 Å². The molecule has 0 fully saturated rings. The molecule has 0 amide bonds. The SMILES string of the molecule is O=[N+]([O-])C1=Cc2nc1c(-c1ccccc1)c1[nH]c(c(C#Cc3ccccc3)c1C#Cc1ccccc1)c(-c1ccccc1)c1nc(c(-c3ccccc3)c3[nH]c(c(C#Cc4ccccc4)c3C#Cc3ccccc3)c2-c2ccccc2)C(C#Cc2ccccc2)=C1C#Cc1ccccc1. The monoisotopic (exact) mass is 1260 g/mol.